The van der Waals surface area contributed by atoms with Crippen LogP contribution in [-0.4, -0.2) is 18.6 Å². The average Bonchev–Trinajstić information content (AvgIpc) is 2.73. The third-order valence-corrected chi connectivity index (χ3v) is 3.66. The van der Waals surface area contributed by atoms with Crippen LogP contribution in [0.1, 0.15) is 11.5 Å². The molecular weight excluding hydrogens is 256 g/mol. The zero-order chi connectivity index (χ0) is 13.2. The van der Waals surface area contributed by atoms with Gasteiger partial charge < -0.3 is 10.3 Å². The van der Waals surface area contributed by atoms with Gasteiger partial charge in [0, 0.05) is 18.5 Å². The molecule has 0 atom stereocenters. The summed E-state index contributed by atoms with van der Waals surface area (Å²) in [5, 5.41) is 3.66. The first kappa shape index (κ1) is 12.5. The number of nitrogens with one attached hydrogen (secondary N) is 1. The minimum absolute atomic E-state index is 0.0114. The van der Waals surface area contributed by atoms with E-state index in [4.69, 9.17) is 10.3 Å². The molecule has 0 aliphatic heterocycles. The zero-order valence-corrected chi connectivity index (χ0v) is 10.4. The molecule has 3 N–H and O–H groups in total. The minimum atomic E-state index is -3.71. The molecule has 0 aliphatic carbocycles. The first-order chi connectivity index (χ1) is 8.49. The van der Waals surface area contributed by atoms with Crippen molar-refractivity contribution >= 4 is 15.7 Å². The number of pyridine rings is 1. The maximum atomic E-state index is 11.9. The van der Waals surface area contributed by atoms with E-state index in [-0.39, 0.29) is 17.1 Å². The van der Waals surface area contributed by atoms with Crippen molar-refractivity contribution in [2.45, 2.75) is 18.4 Å². The number of nitrogen functional groups attached to an aromatic ring is 1. The van der Waals surface area contributed by atoms with Crippen molar-refractivity contribution in [1.82, 2.24) is 14.9 Å². The molecule has 0 saturated carbocycles. The molecule has 0 saturated heterocycles. The van der Waals surface area contributed by atoms with Crippen LogP contribution in [0.15, 0.2) is 33.9 Å². The fourth-order valence-electron chi connectivity index (χ4n) is 1.36. The highest BCUT2D eigenvalue weighted by Crippen LogP contribution is 2.15. The van der Waals surface area contributed by atoms with Crippen molar-refractivity contribution in [1.29, 1.82) is 0 Å². The lowest BCUT2D eigenvalue weighted by Crippen LogP contribution is -2.24. The fraction of sp³-hybridized carbons (Fsp3) is 0.200. The topological polar surface area (TPSA) is 111 Å². The lowest BCUT2D eigenvalue weighted by atomic mass is 10.4. The number of nitrogens with two attached hydrogens (primary N) is 1. The van der Waals surface area contributed by atoms with Crippen molar-refractivity contribution in [3.05, 3.63) is 36.0 Å². The third-order valence-electron chi connectivity index (χ3n) is 2.22. The minimum Gasteiger partial charge on any atom is -0.398 e. The predicted octanol–water partition coefficient (Wildman–Crippen LogP) is 0.439. The summed E-state index contributed by atoms with van der Waals surface area (Å²) in [5.41, 5.74) is 6.41. The number of aromatic nitrogens is 2. The molecule has 0 aliphatic rings. The second-order valence-electron chi connectivity index (χ2n) is 3.67. The van der Waals surface area contributed by atoms with Crippen LogP contribution in [0.5, 0.6) is 0 Å². The van der Waals surface area contributed by atoms with E-state index < -0.39 is 10.0 Å². The molecule has 0 unspecified atom stereocenters. The van der Waals surface area contributed by atoms with Gasteiger partial charge in [-0.3, -0.25) is 4.98 Å². The third kappa shape index (κ3) is 2.66. The first-order valence-electron chi connectivity index (χ1n) is 5.10. The number of anilines is 1. The number of hydrogen-bond acceptors (Lipinski definition) is 6. The van der Waals surface area contributed by atoms with Crippen LogP contribution in [0.25, 0.3) is 0 Å². The van der Waals surface area contributed by atoms with Gasteiger partial charge in [-0.15, -0.1) is 0 Å². The van der Waals surface area contributed by atoms with Crippen LogP contribution in [0.4, 0.5) is 5.69 Å². The second-order valence-corrected chi connectivity index (χ2v) is 5.41. The molecule has 0 radical (unpaired) electrons. The summed E-state index contributed by atoms with van der Waals surface area (Å²) >= 11 is 0. The Balaban J connectivity index is 2.16. The molecule has 2 heterocycles. The van der Waals surface area contributed by atoms with E-state index in [1.165, 1.54) is 18.5 Å². The van der Waals surface area contributed by atoms with E-state index in [1.807, 2.05) is 0 Å². The quantitative estimate of drug-likeness (QED) is 0.832. The van der Waals surface area contributed by atoms with E-state index >= 15 is 0 Å². The maximum absolute atomic E-state index is 11.9. The van der Waals surface area contributed by atoms with Gasteiger partial charge in [0.1, 0.15) is 4.90 Å². The van der Waals surface area contributed by atoms with Gasteiger partial charge in [-0.2, -0.15) is 0 Å². The summed E-state index contributed by atoms with van der Waals surface area (Å²) in [4.78, 5) is 3.68. The summed E-state index contributed by atoms with van der Waals surface area (Å²) in [7, 11) is -3.71. The summed E-state index contributed by atoms with van der Waals surface area (Å²) in [6.45, 7) is 1.76. The van der Waals surface area contributed by atoms with Crippen molar-refractivity contribution in [2.75, 3.05) is 5.73 Å². The summed E-state index contributed by atoms with van der Waals surface area (Å²) in [5.74, 6) is 0.429. The SMILES string of the molecule is Cc1cc(CNS(=O)(=O)c2cnccc2N)on1. The van der Waals surface area contributed by atoms with Crippen LogP contribution in [0.3, 0.4) is 0 Å². The van der Waals surface area contributed by atoms with E-state index in [9.17, 15) is 8.42 Å². The molecule has 2 aromatic rings. The molecule has 8 heteroatoms. The molecule has 96 valence electrons. The Morgan fingerprint density at radius 2 is 2.28 bits per heavy atom. The number of hydrogen-bond donors (Lipinski definition) is 2. The van der Waals surface area contributed by atoms with Crippen LogP contribution < -0.4 is 10.5 Å². The first-order valence-corrected chi connectivity index (χ1v) is 6.59. The highest BCUT2D eigenvalue weighted by molar-refractivity contribution is 7.89. The fourth-order valence-corrected chi connectivity index (χ4v) is 2.42. The lowest BCUT2D eigenvalue weighted by molar-refractivity contribution is 0.377. The lowest BCUT2D eigenvalue weighted by Gasteiger charge is -2.06. The second kappa shape index (κ2) is 4.75. The van der Waals surface area contributed by atoms with Gasteiger partial charge in [-0.1, -0.05) is 5.16 Å². The van der Waals surface area contributed by atoms with E-state index in [1.54, 1.807) is 13.0 Å². The van der Waals surface area contributed by atoms with Gasteiger partial charge in [0.15, 0.2) is 5.76 Å². The molecule has 7 nitrogen and oxygen atoms in total. The standard InChI is InChI=1S/C10H12N4O3S/c1-7-4-8(17-14-7)5-13-18(15,16)10-6-12-3-2-9(10)11/h2-4,6,13H,5H2,1H3,(H2,11,12). The van der Waals surface area contributed by atoms with Crippen LogP contribution in [0.2, 0.25) is 0 Å². The number of sulfonamides is 1. The predicted molar refractivity (Wildman–Crippen MR) is 63.9 cm³/mol. The molecule has 0 amide bonds. The van der Waals surface area contributed by atoms with Gasteiger partial charge in [0.05, 0.1) is 17.9 Å². The summed E-state index contributed by atoms with van der Waals surface area (Å²) in [6.07, 6.45) is 2.62. The van der Waals surface area contributed by atoms with Gasteiger partial charge in [-0.25, -0.2) is 13.1 Å². The smallest absolute Gasteiger partial charge is 0.244 e. The van der Waals surface area contributed by atoms with E-state index in [2.05, 4.69) is 14.9 Å². The summed E-state index contributed by atoms with van der Waals surface area (Å²) < 4.78 is 31.1. The molecule has 0 bridgehead atoms. The molecule has 0 spiro atoms. The van der Waals surface area contributed by atoms with Crippen molar-refractivity contribution in [3.63, 3.8) is 0 Å². The number of nitrogens with zero attached hydrogens (tertiary/aromatic N) is 2. The van der Waals surface area contributed by atoms with Crippen molar-refractivity contribution in [2.24, 2.45) is 0 Å². The number of rotatable bonds is 4. The average molecular weight is 268 g/mol. The Kier molecular flexibility index (Phi) is 3.30. The highest BCUT2D eigenvalue weighted by atomic mass is 32.2. The Morgan fingerprint density at radius 1 is 1.50 bits per heavy atom. The van der Waals surface area contributed by atoms with Crippen molar-refractivity contribution in [3.8, 4) is 0 Å². The zero-order valence-electron chi connectivity index (χ0n) is 9.62. The van der Waals surface area contributed by atoms with Gasteiger partial charge >= 0.3 is 0 Å². The molecule has 2 rings (SSSR count). The molecule has 2 aromatic heterocycles. The van der Waals surface area contributed by atoms with Crippen LogP contribution in [-0.2, 0) is 16.6 Å². The van der Waals surface area contributed by atoms with Gasteiger partial charge in [0.25, 0.3) is 0 Å². The Morgan fingerprint density at radius 3 is 2.89 bits per heavy atom. The largest absolute Gasteiger partial charge is 0.398 e. The van der Waals surface area contributed by atoms with Crippen LogP contribution >= 0.6 is 0 Å². The Bertz CT molecular complexity index is 651. The van der Waals surface area contributed by atoms with Crippen LogP contribution in [0, 0.1) is 6.92 Å². The maximum Gasteiger partial charge on any atom is 0.244 e. The molecule has 0 aromatic carbocycles. The monoisotopic (exact) mass is 268 g/mol. The summed E-state index contributed by atoms with van der Waals surface area (Å²) in [6, 6.07) is 3.07. The van der Waals surface area contributed by atoms with E-state index in [0.717, 1.165) is 0 Å². The normalized spacial score (nSPS) is 11.6. The molecular formula is C10H12N4O3S. The number of aryl methyl sites for hydroxylation is 1. The van der Waals surface area contributed by atoms with E-state index in [0.29, 0.717) is 11.5 Å². The van der Waals surface area contributed by atoms with Gasteiger partial charge in [-0.05, 0) is 13.0 Å². The molecule has 0 fully saturated rings. The Hall–Kier alpha value is -1.93. The van der Waals surface area contributed by atoms with Gasteiger partial charge in [0.2, 0.25) is 10.0 Å². The molecule has 18 heavy (non-hydrogen) atoms. The highest BCUT2D eigenvalue weighted by Gasteiger charge is 2.17. The van der Waals surface area contributed by atoms with Crippen molar-refractivity contribution < 1.29 is 12.9 Å². The Labute approximate surface area is 104 Å².